The van der Waals surface area contributed by atoms with Crippen LogP contribution in [0.25, 0.3) is 10.2 Å². The minimum Gasteiger partial charge on any atom is -0.241 e. The Morgan fingerprint density at radius 2 is 1.35 bits per heavy atom. The van der Waals surface area contributed by atoms with Crippen molar-refractivity contribution in [2.75, 3.05) is 10.8 Å². The van der Waals surface area contributed by atoms with Crippen LogP contribution in [-0.2, 0) is 10.0 Å². The zero-order valence-electron chi connectivity index (χ0n) is 18.5. The van der Waals surface area contributed by atoms with Gasteiger partial charge in [-0.15, -0.1) is 0 Å². The minimum atomic E-state index is -3.63. The Balaban J connectivity index is 1.61. The van der Waals surface area contributed by atoms with E-state index in [4.69, 9.17) is 0 Å². The molecule has 168 valence electrons. The van der Waals surface area contributed by atoms with Crippen molar-refractivity contribution in [2.24, 2.45) is 0 Å². The maximum absolute atomic E-state index is 13.4. The van der Waals surface area contributed by atoms with Crippen LogP contribution in [0.15, 0.2) is 59.5 Å². The van der Waals surface area contributed by atoms with Gasteiger partial charge in [0, 0.05) is 6.54 Å². The lowest BCUT2D eigenvalue weighted by atomic mass is 10.1. The summed E-state index contributed by atoms with van der Waals surface area (Å²) < 4.78 is 29.3. The molecule has 0 saturated carbocycles. The molecule has 6 heteroatoms. The van der Waals surface area contributed by atoms with Crippen LogP contribution in [0, 0.1) is 0 Å². The number of sulfonamides is 1. The fourth-order valence-electron chi connectivity index (χ4n) is 3.75. The lowest BCUT2D eigenvalue weighted by Gasteiger charge is -2.21. The molecule has 0 unspecified atom stereocenters. The van der Waals surface area contributed by atoms with Gasteiger partial charge >= 0.3 is 0 Å². The first kappa shape index (κ1) is 23.7. The van der Waals surface area contributed by atoms with E-state index in [-0.39, 0.29) is 0 Å². The van der Waals surface area contributed by atoms with Gasteiger partial charge in [-0.05, 0) is 30.7 Å². The van der Waals surface area contributed by atoms with Gasteiger partial charge in [-0.2, -0.15) is 0 Å². The van der Waals surface area contributed by atoms with Crippen molar-refractivity contribution >= 4 is 36.7 Å². The molecule has 1 heterocycles. The Labute approximate surface area is 191 Å². The second-order valence-corrected chi connectivity index (χ2v) is 10.9. The number of nitrogens with zero attached hydrogens (tertiary/aromatic N) is 2. The van der Waals surface area contributed by atoms with Gasteiger partial charge in [0.1, 0.15) is 0 Å². The number of rotatable bonds is 14. The Kier molecular flexibility index (Phi) is 9.34. The average Bonchev–Trinajstić information content (AvgIpc) is 3.21. The summed E-state index contributed by atoms with van der Waals surface area (Å²) in [7, 11) is -3.63. The Morgan fingerprint density at radius 1 is 0.774 bits per heavy atom. The number of hydrogen-bond acceptors (Lipinski definition) is 4. The first-order chi connectivity index (χ1) is 15.1. The topological polar surface area (TPSA) is 50.3 Å². The van der Waals surface area contributed by atoms with Crippen LogP contribution in [0.3, 0.4) is 0 Å². The van der Waals surface area contributed by atoms with Gasteiger partial charge in [-0.3, -0.25) is 0 Å². The van der Waals surface area contributed by atoms with E-state index in [1.54, 1.807) is 24.3 Å². The van der Waals surface area contributed by atoms with Gasteiger partial charge < -0.3 is 0 Å². The van der Waals surface area contributed by atoms with E-state index >= 15 is 0 Å². The number of para-hydroxylation sites is 1. The maximum Gasteiger partial charge on any atom is 0.266 e. The van der Waals surface area contributed by atoms with Crippen molar-refractivity contribution in [3.63, 3.8) is 0 Å². The lowest BCUT2D eigenvalue weighted by molar-refractivity contribution is 0.555. The molecule has 0 aliphatic carbocycles. The molecule has 3 rings (SSSR count). The summed E-state index contributed by atoms with van der Waals surface area (Å²) in [5.74, 6) is 0. The number of anilines is 1. The van der Waals surface area contributed by atoms with E-state index in [2.05, 4.69) is 11.9 Å². The normalized spacial score (nSPS) is 11.8. The number of unbranched alkanes of at least 4 members (excludes halogenated alkanes) is 9. The van der Waals surface area contributed by atoms with E-state index in [0.717, 1.165) is 29.5 Å². The number of fused-ring (bicyclic) bond motifs is 1. The van der Waals surface area contributed by atoms with E-state index in [0.29, 0.717) is 16.6 Å². The van der Waals surface area contributed by atoms with Gasteiger partial charge in [-0.1, -0.05) is 106 Å². The molecule has 0 bridgehead atoms. The van der Waals surface area contributed by atoms with Gasteiger partial charge in [-0.25, -0.2) is 17.7 Å². The highest BCUT2D eigenvalue weighted by Crippen LogP contribution is 2.32. The van der Waals surface area contributed by atoms with Gasteiger partial charge in [0.05, 0.1) is 15.1 Å². The molecule has 0 fully saturated rings. The summed E-state index contributed by atoms with van der Waals surface area (Å²) in [5.41, 5.74) is 0.846. The van der Waals surface area contributed by atoms with Crippen LogP contribution in [-0.4, -0.2) is 19.9 Å². The predicted octanol–water partition coefficient (Wildman–Crippen LogP) is 7.41. The third-order valence-corrected chi connectivity index (χ3v) is 8.52. The summed E-state index contributed by atoms with van der Waals surface area (Å²) >= 11 is 1.44. The lowest BCUT2D eigenvalue weighted by Crippen LogP contribution is -2.32. The van der Waals surface area contributed by atoms with E-state index < -0.39 is 10.0 Å². The Morgan fingerprint density at radius 3 is 2.00 bits per heavy atom. The highest BCUT2D eigenvalue weighted by Gasteiger charge is 2.27. The van der Waals surface area contributed by atoms with Crippen LogP contribution in [0.5, 0.6) is 0 Å². The first-order valence-corrected chi connectivity index (χ1v) is 13.8. The summed E-state index contributed by atoms with van der Waals surface area (Å²) in [6, 6.07) is 16.5. The van der Waals surface area contributed by atoms with Crippen molar-refractivity contribution < 1.29 is 8.42 Å². The van der Waals surface area contributed by atoms with Crippen molar-refractivity contribution in [1.29, 1.82) is 0 Å². The molecule has 0 spiro atoms. The second kappa shape index (κ2) is 12.2. The molecule has 0 radical (unpaired) electrons. The highest BCUT2D eigenvalue weighted by atomic mass is 32.2. The monoisotopic (exact) mass is 458 g/mol. The molecule has 0 aliphatic heterocycles. The molecule has 0 N–H and O–H groups in total. The fourth-order valence-corrected chi connectivity index (χ4v) is 6.42. The smallest absolute Gasteiger partial charge is 0.241 e. The first-order valence-electron chi connectivity index (χ1n) is 11.6. The second-order valence-electron chi connectivity index (χ2n) is 8.04. The standard InChI is InChI=1S/C25H34N2O2S2/c1-2-3-4-5-6-7-8-9-10-16-21-27(31(28,29)22-17-12-11-13-18-22)25-26-23-19-14-15-20-24(23)30-25/h11-15,17-20H,2-10,16,21H2,1H3. The zero-order chi connectivity index (χ0) is 21.9. The van der Waals surface area contributed by atoms with Crippen LogP contribution in [0.4, 0.5) is 5.13 Å². The van der Waals surface area contributed by atoms with Crippen LogP contribution < -0.4 is 4.31 Å². The molecule has 31 heavy (non-hydrogen) atoms. The molecular weight excluding hydrogens is 424 g/mol. The third kappa shape index (κ3) is 6.78. The van der Waals surface area contributed by atoms with E-state index in [9.17, 15) is 8.42 Å². The number of thiazole rings is 1. The summed E-state index contributed by atoms with van der Waals surface area (Å²) in [4.78, 5) is 4.95. The molecular formula is C25H34N2O2S2. The third-order valence-electron chi connectivity index (χ3n) is 5.54. The maximum atomic E-state index is 13.4. The zero-order valence-corrected chi connectivity index (χ0v) is 20.1. The highest BCUT2D eigenvalue weighted by molar-refractivity contribution is 7.93. The number of hydrogen-bond donors (Lipinski definition) is 0. The summed E-state index contributed by atoms with van der Waals surface area (Å²) in [6.07, 6.45) is 12.2. The van der Waals surface area contributed by atoms with Crippen LogP contribution in [0.2, 0.25) is 0 Å². The Hall–Kier alpha value is -1.92. The SMILES string of the molecule is CCCCCCCCCCCCN(c1nc2ccccc2s1)S(=O)(=O)c1ccccc1. The van der Waals surface area contributed by atoms with Crippen molar-refractivity contribution in [3.8, 4) is 0 Å². The molecule has 0 aliphatic rings. The van der Waals surface area contributed by atoms with Gasteiger partial charge in [0.25, 0.3) is 10.0 Å². The summed E-state index contributed by atoms with van der Waals surface area (Å²) in [5, 5.41) is 0.556. The summed E-state index contributed by atoms with van der Waals surface area (Å²) in [6.45, 7) is 2.71. The number of aromatic nitrogens is 1. The van der Waals surface area contributed by atoms with Gasteiger partial charge in [0.2, 0.25) is 5.13 Å². The predicted molar refractivity (Wildman–Crippen MR) is 132 cm³/mol. The fraction of sp³-hybridized carbons (Fsp3) is 0.480. The van der Waals surface area contributed by atoms with Crippen molar-refractivity contribution in [3.05, 3.63) is 54.6 Å². The minimum absolute atomic E-state index is 0.321. The van der Waals surface area contributed by atoms with Crippen LogP contribution in [0.1, 0.15) is 71.1 Å². The Bertz CT molecular complexity index is 983. The molecule has 0 amide bonds. The molecule has 1 aromatic heterocycles. The van der Waals surface area contributed by atoms with E-state index in [1.807, 2.05) is 30.3 Å². The van der Waals surface area contributed by atoms with E-state index in [1.165, 1.54) is 60.6 Å². The number of benzene rings is 2. The molecule has 2 aromatic carbocycles. The molecule has 0 atom stereocenters. The van der Waals surface area contributed by atoms with Crippen LogP contribution >= 0.6 is 11.3 Å². The van der Waals surface area contributed by atoms with Crippen molar-refractivity contribution in [2.45, 2.75) is 76.0 Å². The molecule has 0 saturated heterocycles. The van der Waals surface area contributed by atoms with Crippen molar-refractivity contribution in [1.82, 2.24) is 4.98 Å². The molecule has 3 aromatic rings. The quantitative estimate of drug-likeness (QED) is 0.236. The van der Waals surface area contributed by atoms with Gasteiger partial charge in [0.15, 0.2) is 0 Å². The molecule has 4 nitrogen and oxygen atoms in total. The average molecular weight is 459 g/mol. The largest absolute Gasteiger partial charge is 0.266 e.